The number of aliphatic hydroxyl groups is 1. The quantitative estimate of drug-likeness (QED) is 0.727. The molecule has 1 atom stereocenters. The van der Waals surface area contributed by atoms with Gasteiger partial charge in [0.1, 0.15) is 6.61 Å². The van der Waals surface area contributed by atoms with E-state index in [1.807, 2.05) is 18.2 Å². The molecule has 0 saturated heterocycles. The zero-order valence-electron chi connectivity index (χ0n) is 8.01. The number of hydrogen-bond donors (Lipinski definition) is 2. The molecule has 0 amide bonds. The van der Waals surface area contributed by atoms with Crippen LogP contribution < -0.4 is 9.47 Å². The van der Waals surface area contributed by atoms with E-state index >= 15 is 0 Å². The molecule has 4 heteroatoms. The van der Waals surface area contributed by atoms with Gasteiger partial charge in [-0.2, -0.15) is 12.6 Å². The summed E-state index contributed by atoms with van der Waals surface area (Å²) in [7, 11) is 1.58. The fourth-order valence-corrected chi connectivity index (χ4v) is 1.08. The van der Waals surface area contributed by atoms with Crippen LogP contribution in [0.25, 0.3) is 0 Å². The van der Waals surface area contributed by atoms with Crippen molar-refractivity contribution in [3.05, 3.63) is 24.3 Å². The number of rotatable bonds is 5. The summed E-state index contributed by atoms with van der Waals surface area (Å²) in [6, 6.07) is 7.32. The molecule has 0 saturated carbocycles. The Morgan fingerprint density at radius 3 is 2.57 bits per heavy atom. The molecule has 1 N–H and O–H groups in total. The highest BCUT2D eigenvalue weighted by Gasteiger charge is 2.05. The normalized spacial score (nSPS) is 12.2. The molecule has 1 rings (SSSR count). The minimum absolute atomic E-state index is 0.226. The van der Waals surface area contributed by atoms with Crippen LogP contribution in [0.2, 0.25) is 0 Å². The lowest BCUT2D eigenvalue weighted by Crippen LogP contribution is -2.19. The van der Waals surface area contributed by atoms with Gasteiger partial charge in [0.25, 0.3) is 0 Å². The first kappa shape index (κ1) is 11.2. The van der Waals surface area contributed by atoms with Crippen LogP contribution in [0.15, 0.2) is 24.3 Å². The summed E-state index contributed by atoms with van der Waals surface area (Å²) in [5.41, 5.74) is 0. The number of hydrogen-bond acceptors (Lipinski definition) is 4. The van der Waals surface area contributed by atoms with Gasteiger partial charge in [-0.25, -0.2) is 0 Å². The van der Waals surface area contributed by atoms with Gasteiger partial charge in [-0.3, -0.25) is 0 Å². The number of methoxy groups -OCH3 is 1. The van der Waals surface area contributed by atoms with Crippen LogP contribution in [0.5, 0.6) is 11.5 Å². The Hall–Kier alpha value is -0.870. The third-order valence-electron chi connectivity index (χ3n) is 1.71. The van der Waals surface area contributed by atoms with E-state index in [2.05, 4.69) is 12.6 Å². The molecule has 3 nitrogen and oxygen atoms in total. The summed E-state index contributed by atoms with van der Waals surface area (Å²) in [5.74, 6) is 1.68. The van der Waals surface area contributed by atoms with Crippen molar-refractivity contribution in [2.24, 2.45) is 0 Å². The summed E-state index contributed by atoms with van der Waals surface area (Å²) in [5, 5.41) is 9.24. The highest BCUT2D eigenvalue weighted by molar-refractivity contribution is 7.80. The van der Waals surface area contributed by atoms with Gasteiger partial charge >= 0.3 is 0 Å². The average molecular weight is 214 g/mol. The molecule has 0 fully saturated rings. The fourth-order valence-electron chi connectivity index (χ4n) is 0.977. The largest absolute Gasteiger partial charge is 0.493 e. The molecule has 78 valence electrons. The molecule has 0 bridgehead atoms. The lowest BCUT2D eigenvalue weighted by molar-refractivity contribution is 0.124. The number of para-hydroxylation sites is 2. The molecule has 1 aromatic carbocycles. The molecule has 1 aromatic rings. The van der Waals surface area contributed by atoms with Crippen LogP contribution in [0.4, 0.5) is 0 Å². The molecule has 0 radical (unpaired) electrons. The molecular weight excluding hydrogens is 200 g/mol. The van der Waals surface area contributed by atoms with Crippen molar-refractivity contribution in [2.75, 3.05) is 19.5 Å². The molecule has 0 spiro atoms. The van der Waals surface area contributed by atoms with E-state index in [-0.39, 0.29) is 6.61 Å². The predicted molar refractivity (Wildman–Crippen MR) is 58.3 cm³/mol. The van der Waals surface area contributed by atoms with Crippen LogP contribution >= 0.6 is 12.6 Å². The molecule has 0 aromatic heterocycles. The van der Waals surface area contributed by atoms with Crippen molar-refractivity contribution >= 4 is 12.6 Å². The van der Waals surface area contributed by atoms with Gasteiger partial charge in [-0.15, -0.1) is 0 Å². The maximum absolute atomic E-state index is 9.24. The van der Waals surface area contributed by atoms with Crippen LogP contribution in [-0.2, 0) is 0 Å². The first-order valence-corrected chi connectivity index (χ1v) is 4.96. The highest BCUT2D eigenvalue weighted by Crippen LogP contribution is 2.25. The second kappa shape index (κ2) is 5.78. The van der Waals surface area contributed by atoms with Gasteiger partial charge in [0.15, 0.2) is 11.5 Å². The Morgan fingerprint density at radius 2 is 2.00 bits per heavy atom. The van der Waals surface area contributed by atoms with Crippen molar-refractivity contribution < 1.29 is 14.6 Å². The summed E-state index contributed by atoms with van der Waals surface area (Å²) < 4.78 is 10.4. The van der Waals surface area contributed by atoms with Gasteiger partial charge in [0.05, 0.1) is 13.2 Å². The summed E-state index contributed by atoms with van der Waals surface area (Å²) >= 11 is 3.95. The van der Waals surface area contributed by atoms with E-state index in [1.54, 1.807) is 13.2 Å². The number of benzene rings is 1. The Labute approximate surface area is 89.1 Å². The Bertz CT molecular complexity index is 278. The smallest absolute Gasteiger partial charge is 0.161 e. The zero-order valence-corrected chi connectivity index (χ0v) is 8.91. The highest BCUT2D eigenvalue weighted by atomic mass is 32.1. The first-order chi connectivity index (χ1) is 6.77. The second-order valence-electron chi connectivity index (χ2n) is 2.80. The summed E-state index contributed by atoms with van der Waals surface area (Å²) in [4.78, 5) is 0. The standard InChI is InChI=1S/C10H14O3S/c1-12-9-4-2-3-5-10(9)13-6-8(11)7-14/h2-5,8,11,14H,6-7H2,1H3. The average Bonchev–Trinajstić information content (AvgIpc) is 2.26. The SMILES string of the molecule is COc1ccccc1OCC(O)CS. The summed E-state index contributed by atoms with van der Waals surface area (Å²) in [6.07, 6.45) is -0.553. The molecule has 0 aliphatic rings. The summed E-state index contributed by atoms with van der Waals surface area (Å²) in [6.45, 7) is 0.226. The molecule has 1 unspecified atom stereocenters. The van der Waals surface area contributed by atoms with E-state index < -0.39 is 6.10 Å². The van der Waals surface area contributed by atoms with Crippen LogP contribution in [0.1, 0.15) is 0 Å². The minimum atomic E-state index is -0.553. The third kappa shape index (κ3) is 3.12. The van der Waals surface area contributed by atoms with Crippen LogP contribution in [-0.4, -0.2) is 30.7 Å². The van der Waals surface area contributed by atoms with Crippen LogP contribution in [0, 0.1) is 0 Å². The lowest BCUT2D eigenvalue weighted by atomic mass is 10.3. The van der Waals surface area contributed by atoms with Crippen molar-refractivity contribution in [1.82, 2.24) is 0 Å². The lowest BCUT2D eigenvalue weighted by Gasteiger charge is -2.12. The van der Waals surface area contributed by atoms with Crippen molar-refractivity contribution in [3.63, 3.8) is 0 Å². The number of ether oxygens (including phenoxy) is 2. The molecule has 0 aliphatic heterocycles. The van der Waals surface area contributed by atoms with E-state index in [4.69, 9.17) is 9.47 Å². The van der Waals surface area contributed by atoms with E-state index in [9.17, 15) is 5.11 Å². The fraction of sp³-hybridized carbons (Fsp3) is 0.400. The van der Waals surface area contributed by atoms with Gasteiger partial charge in [-0.05, 0) is 12.1 Å². The maximum Gasteiger partial charge on any atom is 0.161 e. The Balaban J connectivity index is 2.57. The molecule has 0 aliphatic carbocycles. The maximum atomic E-state index is 9.24. The molecule has 14 heavy (non-hydrogen) atoms. The van der Waals surface area contributed by atoms with Crippen molar-refractivity contribution in [3.8, 4) is 11.5 Å². The van der Waals surface area contributed by atoms with E-state index in [0.717, 1.165) is 0 Å². The Kier molecular flexibility index (Phi) is 4.62. The van der Waals surface area contributed by atoms with Gasteiger partial charge < -0.3 is 14.6 Å². The first-order valence-electron chi connectivity index (χ1n) is 4.32. The van der Waals surface area contributed by atoms with Crippen molar-refractivity contribution in [2.45, 2.75) is 6.10 Å². The predicted octanol–water partition coefficient (Wildman–Crippen LogP) is 1.36. The zero-order chi connectivity index (χ0) is 10.4. The van der Waals surface area contributed by atoms with Gasteiger partial charge in [0.2, 0.25) is 0 Å². The number of thiol groups is 1. The minimum Gasteiger partial charge on any atom is -0.493 e. The third-order valence-corrected chi connectivity index (χ3v) is 2.13. The molecular formula is C10H14O3S. The topological polar surface area (TPSA) is 38.7 Å². The van der Waals surface area contributed by atoms with Crippen LogP contribution in [0.3, 0.4) is 0 Å². The van der Waals surface area contributed by atoms with E-state index in [0.29, 0.717) is 17.3 Å². The molecule has 0 heterocycles. The monoisotopic (exact) mass is 214 g/mol. The number of aliphatic hydroxyl groups excluding tert-OH is 1. The van der Waals surface area contributed by atoms with Crippen molar-refractivity contribution in [1.29, 1.82) is 0 Å². The van der Waals surface area contributed by atoms with Gasteiger partial charge in [-0.1, -0.05) is 12.1 Å². The van der Waals surface area contributed by atoms with Gasteiger partial charge in [0, 0.05) is 5.75 Å². The Morgan fingerprint density at radius 1 is 1.36 bits per heavy atom. The van der Waals surface area contributed by atoms with E-state index in [1.165, 1.54) is 0 Å². The second-order valence-corrected chi connectivity index (χ2v) is 3.16.